The van der Waals surface area contributed by atoms with Crippen LogP contribution in [0.1, 0.15) is 17.7 Å². The van der Waals surface area contributed by atoms with Crippen LogP contribution in [0.3, 0.4) is 0 Å². The first-order valence-electron chi connectivity index (χ1n) is 9.41. The van der Waals surface area contributed by atoms with E-state index in [9.17, 15) is 9.18 Å². The summed E-state index contributed by atoms with van der Waals surface area (Å²) in [5.74, 6) is -0.390. The molecule has 6 nitrogen and oxygen atoms in total. The van der Waals surface area contributed by atoms with Crippen LogP contribution in [0.15, 0.2) is 24.3 Å². The number of amides is 1. The molecule has 3 heterocycles. The fourth-order valence-electron chi connectivity index (χ4n) is 4.14. The largest absolute Gasteiger partial charge is 0.377 e. The third kappa shape index (κ3) is 3.82. The molecular weight excluding hydrogens is 381 g/mol. The average molecular weight is 405 g/mol. The van der Waals surface area contributed by atoms with Crippen LogP contribution in [0.5, 0.6) is 0 Å². The van der Waals surface area contributed by atoms with Gasteiger partial charge < -0.3 is 14.8 Å². The zero-order chi connectivity index (χ0) is 19.7. The van der Waals surface area contributed by atoms with E-state index in [2.05, 4.69) is 15.2 Å². The molecule has 0 unspecified atom stereocenters. The van der Waals surface area contributed by atoms with E-state index in [1.165, 1.54) is 23.5 Å². The number of aryl methyl sites for hydroxylation is 1. The lowest BCUT2D eigenvalue weighted by Gasteiger charge is -2.28. The third-order valence-electron chi connectivity index (χ3n) is 5.45. The van der Waals surface area contributed by atoms with Crippen molar-refractivity contribution in [2.75, 3.05) is 38.7 Å². The van der Waals surface area contributed by atoms with Crippen molar-refractivity contribution in [3.8, 4) is 11.3 Å². The molecule has 0 bridgehead atoms. The number of carbonyl (C=O) groups is 1. The van der Waals surface area contributed by atoms with Crippen molar-refractivity contribution in [3.05, 3.63) is 35.0 Å². The van der Waals surface area contributed by atoms with Gasteiger partial charge >= 0.3 is 0 Å². The predicted octanol–water partition coefficient (Wildman–Crippen LogP) is 3.08. The van der Waals surface area contributed by atoms with Crippen molar-refractivity contribution in [2.45, 2.75) is 31.5 Å². The highest BCUT2D eigenvalue weighted by Crippen LogP contribution is 2.36. The average Bonchev–Trinajstić information content (AvgIpc) is 3.36. The minimum absolute atomic E-state index is 0.00464. The normalized spacial score (nSPS) is 24.9. The summed E-state index contributed by atoms with van der Waals surface area (Å²) in [7, 11) is 1.70. The lowest BCUT2D eigenvalue weighted by atomic mass is 9.97. The second-order valence-electron chi connectivity index (χ2n) is 7.39. The van der Waals surface area contributed by atoms with Gasteiger partial charge in [-0.05, 0) is 44.0 Å². The van der Waals surface area contributed by atoms with Crippen molar-refractivity contribution >= 4 is 22.4 Å². The third-order valence-corrected chi connectivity index (χ3v) is 6.33. The van der Waals surface area contributed by atoms with Crippen molar-refractivity contribution in [3.63, 3.8) is 0 Å². The van der Waals surface area contributed by atoms with Gasteiger partial charge in [-0.1, -0.05) is 0 Å². The van der Waals surface area contributed by atoms with Crippen molar-refractivity contribution < 1.29 is 18.7 Å². The molecule has 0 saturated carbocycles. The smallest absolute Gasteiger partial charge is 0.240 e. The maximum atomic E-state index is 13.1. The fourth-order valence-corrected chi connectivity index (χ4v) is 4.99. The number of rotatable bonds is 5. The van der Waals surface area contributed by atoms with Gasteiger partial charge in [0.25, 0.3) is 0 Å². The lowest BCUT2D eigenvalue weighted by Crippen LogP contribution is -2.42. The molecule has 2 aromatic rings. The summed E-state index contributed by atoms with van der Waals surface area (Å²) in [6, 6.07) is 6.21. The van der Waals surface area contributed by atoms with E-state index in [4.69, 9.17) is 9.47 Å². The number of hydrogen-bond donors (Lipinski definition) is 1. The topological polar surface area (TPSA) is 63.7 Å². The molecular formula is C20H24FN3O3S. The molecule has 4 rings (SSSR count). The molecule has 2 aliphatic rings. The van der Waals surface area contributed by atoms with Crippen LogP contribution in [0.4, 0.5) is 9.52 Å². The van der Waals surface area contributed by atoms with Gasteiger partial charge in [0, 0.05) is 37.2 Å². The molecule has 0 aliphatic carbocycles. The molecule has 2 aliphatic heterocycles. The van der Waals surface area contributed by atoms with Crippen LogP contribution in [-0.2, 0) is 14.3 Å². The maximum Gasteiger partial charge on any atom is 0.240 e. The van der Waals surface area contributed by atoms with Crippen LogP contribution in [-0.4, -0.2) is 60.8 Å². The highest BCUT2D eigenvalue weighted by molar-refractivity contribution is 7.16. The molecule has 2 atom stereocenters. The first kappa shape index (κ1) is 19.4. The van der Waals surface area contributed by atoms with E-state index < -0.39 is 0 Å². The van der Waals surface area contributed by atoms with Crippen molar-refractivity contribution in [1.29, 1.82) is 0 Å². The molecule has 2 saturated heterocycles. The van der Waals surface area contributed by atoms with Gasteiger partial charge in [0.15, 0.2) is 5.13 Å². The van der Waals surface area contributed by atoms with Crippen LogP contribution in [0.25, 0.3) is 11.3 Å². The number of nitrogens with zero attached hydrogens (tertiary/aromatic N) is 2. The van der Waals surface area contributed by atoms with Gasteiger partial charge in [-0.25, -0.2) is 9.37 Å². The number of aromatic nitrogens is 1. The summed E-state index contributed by atoms with van der Waals surface area (Å²) < 4.78 is 24.7. The number of nitrogens with one attached hydrogen (secondary N) is 1. The molecule has 8 heteroatoms. The van der Waals surface area contributed by atoms with E-state index in [-0.39, 0.29) is 30.0 Å². The van der Waals surface area contributed by atoms with Crippen LogP contribution in [0, 0.1) is 12.7 Å². The molecule has 0 radical (unpaired) electrons. The standard InChI is InChI=1S/C20H24FN3O3S/c1-13-18(14-4-6-15(21)7-5-14)23-19(28-13)22-17(25)11-24-10-16(26-2)20(12-24)8-3-9-27-20/h4-7,16H,3,8-12H2,1-2H3,(H,22,23,25)/t16-,20-/m1/s1. The maximum absolute atomic E-state index is 13.1. The molecule has 28 heavy (non-hydrogen) atoms. The summed E-state index contributed by atoms with van der Waals surface area (Å²) in [5.41, 5.74) is 1.32. The Morgan fingerprint density at radius 3 is 2.93 bits per heavy atom. The van der Waals surface area contributed by atoms with Gasteiger partial charge in [-0.3, -0.25) is 9.69 Å². The Morgan fingerprint density at radius 2 is 2.25 bits per heavy atom. The number of halogens is 1. The first-order chi connectivity index (χ1) is 13.5. The molecule has 1 aromatic carbocycles. The molecule has 1 aromatic heterocycles. The van der Waals surface area contributed by atoms with Crippen LogP contribution < -0.4 is 5.32 Å². The van der Waals surface area contributed by atoms with Crippen LogP contribution >= 0.6 is 11.3 Å². The molecule has 150 valence electrons. The van der Waals surface area contributed by atoms with Crippen molar-refractivity contribution in [2.24, 2.45) is 0 Å². The highest BCUT2D eigenvalue weighted by atomic mass is 32.1. The van der Waals surface area contributed by atoms with Crippen LogP contribution in [0.2, 0.25) is 0 Å². The number of ether oxygens (including phenoxy) is 2. The van der Waals surface area contributed by atoms with Gasteiger partial charge in [-0.15, -0.1) is 11.3 Å². The number of anilines is 1. The van der Waals surface area contributed by atoms with Gasteiger partial charge in [0.2, 0.25) is 5.91 Å². The number of likely N-dealkylation sites (tertiary alicyclic amines) is 1. The molecule has 1 spiro atoms. The zero-order valence-corrected chi connectivity index (χ0v) is 16.9. The van der Waals surface area contributed by atoms with E-state index in [0.29, 0.717) is 18.2 Å². The second-order valence-corrected chi connectivity index (χ2v) is 8.59. The second kappa shape index (κ2) is 7.87. The fraction of sp³-hybridized carbons (Fsp3) is 0.500. The summed E-state index contributed by atoms with van der Waals surface area (Å²) in [5, 5.41) is 3.45. The molecule has 1 N–H and O–H groups in total. The Hall–Kier alpha value is -1.87. The Morgan fingerprint density at radius 1 is 1.46 bits per heavy atom. The minimum atomic E-state index is -0.283. The Labute approximate surface area is 167 Å². The first-order valence-corrected chi connectivity index (χ1v) is 10.2. The Balaban J connectivity index is 1.39. The number of carbonyl (C=O) groups excluding carboxylic acids is 1. The monoisotopic (exact) mass is 405 g/mol. The highest BCUT2D eigenvalue weighted by Gasteiger charge is 2.50. The number of methoxy groups -OCH3 is 1. The predicted molar refractivity (Wildman–Crippen MR) is 106 cm³/mol. The molecule has 1 amide bonds. The van der Waals surface area contributed by atoms with E-state index in [0.717, 1.165) is 35.6 Å². The lowest BCUT2D eigenvalue weighted by molar-refractivity contribution is -0.117. The number of thiazole rings is 1. The summed E-state index contributed by atoms with van der Waals surface area (Å²) in [4.78, 5) is 20.1. The van der Waals surface area contributed by atoms with E-state index >= 15 is 0 Å². The quantitative estimate of drug-likeness (QED) is 0.828. The SMILES string of the molecule is CO[C@@H]1CN(CC(=O)Nc2nc(-c3ccc(F)cc3)c(C)s2)C[C@]12CCCO2. The summed E-state index contributed by atoms with van der Waals surface area (Å²) in [6.45, 7) is 4.36. The Bertz CT molecular complexity index is 849. The van der Waals surface area contributed by atoms with E-state index in [1.807, 2.05) is 6.92 Å². The Kier molecular flexibility index (Phi) is 5.46. The van der Waals surface area contributed by atoms with Gasteiger partial charge in [0.05, 0.1) is 18.3 Å². The van der Waals surface area contributed by atoms with E-state index in [1.54, 1.807) is 19.2 Å². The summed E-state index contributed by atoms with van der Waals surface area (Å²) in [6.07, 6.45) is 2.00. The van der Waals surface area contributed by atoms with Crippen molar-refractivity contribution in [1.82, 2.24) is 9.88 Å². The number of benzene rings is 1. The zero-order valence-electron chi connectivity index (χ0n) is 16.0. The van der Waals surface area contributed by atoms with Gasteiger partial charge in [0.1, 0.15) is 11.4 Å². The number of hydrogen-bond acceptors (Lipinski definition) is 6. The van der Waals surface area contributed by atoms with Gasteiger partial charge in [-0.2, -0.15) is 0 Å². The molecule has 2 fully saturated rings. The minimum Gasteiger partial charge on any atom is -0.377 e. The summed E-state index contributed by atoms with van der Waals surface area (Å²) >= 11 is 1.42.